The van der Waals surface area contributed by atoms with Gasteiger partial charge in [0.25, 0.3) is 0 Å². The largest absolute Gasteiger partial charge is 0.496 e. The van der Waals surface area contributed by atoms with Gasteiger partial charge in [-0.1, -0.05) is 11.6 Å². The summed E-state index contributed by atoms with van der Waals surface area (Å²) in [5, 5.41) is 0.325. The Hall–Kier alpha value is -2.60. The quantitative estimate of drug-likeness (QED) is 0.588. The van der Waals surface area contributed by atoms with Gasteiger partial charge < -0.3 is 14.2 Å². The van der Waals surface area contributed by atoms with E-state index in [-0.39, 0.29) is 22.6 Å². The smallest absolute Gasteiger partial charge is 0.342 e. The van der Waals surface area contributed by atoms with Gasteiger partial charge in [-0.2, -0.15) is 0 Å². The number of hydrogen-bond donors (Lipinski definition) is 0. The minimum Gasteiger partial charge on any atom is -0.496 e. The molecule has 0 aliphatic rings. The molecule has 2 rings (SSSR count). The minimum atomic E-state index is -0.767. The van der Waals surface area contributed by atoms with Crippen molar-refractivity contribution >= 4 is 23.4 Å². The number of ketones is 1. The molecule has 5 nitrogen and oxygen atoms in total. The highest BCUT2D eigenvalue weighted by Crippen LogP contribution is 2.23. The minimum absolute atomic E-state index is 0.0206. The number of hydrogen-bond acceptors (Lipinski definition) is 5. The standard InChI is InChI=1S/C17H14ClFO5/c1-22-15-6-4-11(18)8-12(15)17(21)24-9-14(20)10-3-5-16(23-2)13(19)7-10/h3-8H,9H2,1-2H3. The van der Waals surface area contributed by atoms with Gasteiger partial charge in [-0.3, -0.25) is 4.79 Å². The molecule has 0 saturated carbocycles. The molecule has 126 valence electrons. The van der Waals surface area contributed by atoms with E-state index in [0.717, 1.165) is 6.07 Å². The molecule has 0 heterocycles. The van der Waals surface area contributed by atoms with Gasteiger partial charge in [-0.25, -0.2) is 9.18 Å². The van der Waals surface area contributed by atoms with Crippen molar-refractivity contribution in [2.75, 3.05) is 20.8 Å². The first kappa shape index (κ1) is 17.7. The predicted molar refractivity (Wildman–Crippen MR) is 85.6 cm³/mol. The molecular formula is C17H14ClFO5. The molecule has 0 saturated heterocycles. The number of esters is 1. The molecule has 0 spiro atoms. The first-order valence-electron chi connectivity index (χ1n) is 6.83. The van der Waals surface area contributed by atoms with E-state index in [1.165, 1.54) is 38.5 Å². The fourth-order valence-corrected chi connectivity index (χ4v) is 2.14. The number of benzene rings is 2. The summed E-state index contributed by atoms with van der Waals surface area (Å²) in [7, 11) is 2.71. The van der Waals surface area contributed by atoms with E-state index in [1.54, 1.807) is 6.07 Å². The zero-order chi connectivity index (χ0) is 17.7. The van der Waals surface area contributed by atoms with Crippen molar-refractivity contribution in [3.05, 3.63) is 58.4 Å². The maximum atomic E-state index is 13.6. The van der Waals surface area contributed by atoms with Crippen molar-refractivity contribution in [3.63, 3.8) is 0 Å². The number of ether oxygens (including phenoxy) is 3. The van der Waals surface area contributed by atoms with Crippen molar-refractivity contribution < 1.29 is 28.2 Å². The van der Waals surface area contributed by atoms with Gasteiger partial charge in [0.15, 0.2) is 24.0 Å². The Labute approximate surface area is 142 Å². The summed E-state index contributed by atoms with van der Waals surface area (Å²) in [6, 6.07) is 8.18. The summed E-state index contributed by atoms with van der Waals surface area (Å²) in [5.41, 5.74) is 0.165. The first-order chi connectivity index (χ1) is 11.5. The lowest BCUT2D eigenvalue weighted by Gasteiger charge is -2.09. The average molecular weight is 353 g/mol. The summed E-state index contributed by atoms with van der Waals surface area (Å²) in [6.45, 7) is -0.541. The number of Topliss-reactive ketones (excluding diaryl/α,β-unsaturated/α-hetero) is 1. The van der Waals surface area contributed by atoms with Crippen molar-refractivity contribution in [2.24, 2.45) is 0 Å². The second kappa shape index (κ2) is 7.79. The van der Waals surface area contributed by atoms with Gasteiger partial charge in [0.05, 0.1) is 14.2 Å². The van der Waals surface area contributed by atoms with Crippen molar-refractivity contribution in [1.29, 1.82) is 0 Å². The summed E-state index contributed by atoms with van der Waals surface area (Å²) < 4.78 is 28.4. The molecule has 0 atom stereocenters. The lowest BCUT2D eigenvalue weighted by Crippen LogP contribution is -2.15. The molecule has 0 unspecified atom stereocenters. The fourth-order valence-electron chi connectivity index (χ4n) is 1.97. The summed E-state index contributed by atoms with van der Waals surface area (Å²) in [6.07, 6.45) is 0. The Balaban J connectivity index is 2.07. The van der Waals surface area contributed by atoms with E-state index >= 15 is 0 Å². The van der Waals surface area contributed by atoms with Crippen LogP contribution >= 0.6 is 11.6 Å². The summed E-state index contributed by atoms with van der Waals surface area (Å²) in [5.74, 6) is -1.70. The van der Waals surface area contributed by atoms with Crippen LogP contribution in [0.15, 0.2) is 36.4 Å². The third kappa shape index (κ3) is 4.02. The van der Waals surface area contributed by atoms with E-state index in [4.69, 9.17) is 25.8 Å². The second-order valence-electron chi connectivity index (χ2n) is 4.69. The Morgan fingerprint density at radius 1 is 1.04 bits per heavy atom. The number of methoxy groups -OCH3 is 2. The summed E-state index contributed by atoms with van der Waals surface area (Å²) in [4.78, 5) is 24.1. The Bertz CT molecular complexity index is 776. The third-order valence-corrected chi connectivity index (χ3v) is 3.42. The van der Waals surface area contributed by atoms with Crippen LogP contribution in [0.3, 0.4) is 0 Å². The molecule has 0 aliphatic heterocycles. The highest BCUT2D eigenvalue weighted by atomic mass is 35.5. The van der Waals surface area contributed by atoms with Crippen LogP contribution in [0.1, 0.15) is 20.7 Å². The highest BCUT2D eigenvalue weighted by Gasteiger charge is 2.17. The first-order valence-corrected chi connectivity index (χ1v) is 7.21. The lowest BCUT2D eigenvalue weighted by atomic mass is 10.1. The molecule has 0 N–H and O–H groups in total. The number of halogens is 2. The van der Waals surface area contributed by atoms with E-state index in [9.17, 15) is 14.0 Å². The molecule has 0 aromatic heterocycles. The topological polar surface area (TPSA) is 61.8 Å². The molecule has 0 aliphatic carbocycles. The molecule has 0 radical (unpaired) electrons. The molecule has 0 fully saturated rings. The van der Waals surface area contributed by atoms with Crippen LogP contribution in [-0.4, -0.2) is 32.6 Å². The predicted octanol–water partition coefficient (Wildman–Crippen LogP) is 3.54. The van der Waals surface area contributed by atoms with Gasteiger partial charge in [-0.05, 0) is 36.4 Å². The maximum absolute atomic E-state index is 13.6. The van der Waals surface area contributed by atoms with Crippen LogP contribution in [0.2, 0.25) is 5.02 Å². The van der Waals surface area contributed by atoms with E-state index in [2.05, 4.69) is 0 Å². The maximum Gasteiger partial charge on any atom is 0.342 e. The Kier molecular flexibility index (Phi) is 5.76. The van der Waals surface area contributed by atoms with Crippen LogP contribution in [0.25, 0.3) is 0 Å². The Morgan fingerprint density at radius 2 is 1.71 bits per heavy atom. The highest BCUT2D eigenvalue weighted by molar-refractivity contribution is 6.31. The SMILES string of the molecule is COc1ccc(C(=O)COC(=O)c2cc(Cl)ccc2OC)cc1F. The number of carbonyl (C=O) groups is 2. The average Bonchev–Trinajstić information content (AvgIpc) is 2.59. The van der Waals surface area contributed by atoms with Gasteiger partial charge >= 0.3 is 5.97 Å². The number of carbonyl (C=O) groups excluding carboxylic acids is 2. The van der Waals surface area contributed by atoms with Crippen LogP contribution in [0.5, 0.6) is 11.5 Å². The van der Waals surface area contributed by atoms with E-state index in [1.807, 2.05) is 0 Å². The third-order valence-electron chi connectivity index (χ3n) is 3.19. The van der Waals surface area contributed by atoms with Crippen LogP contribution < -0.4 is 9.47 Å². The zero-order valence-electron chi connectivity index (χ0n) is 13.0. The van der Waals surface area contributed by atoms with Gasteiger partial charge in [0.2, 0.25) is 0 Å². The molecule has 2 aromatic rings. The van der Waals surface area contributed by atoms with Gasteiger partial charge in [0.1, 0.15) is 11.3 Å². The van der Waals surface area contributed by atoms with Crippen LogP contribution in [-0.2, 0) is 4.74 Å². The van der Waals surface area contributed by atoms with Crippen molar-refractivity contribution in [3.8, 4) is 11.5 Å². The van der Waals surface area contributed by atoms with Gasteiger partial charge in [-0.15, -0.1) is 0 Å². The van der Waals surface area contributed by atoms with Crippen molar-refractivity contribution in [2.45, 2.75) is 0 Å². The molecule has 0 bridgehead atoms. The second-order valence-corrected chi connectivity index (χ2v) is 5.13. The monoisotopic (exact) mass is 352 g/mol. The molecule has 7 heteroatoms. The van der Waals surface area contributed by atoms with E-state index in [0.29, 0.717) is 5.02 Å². The van der Waals surface area contributed by atoms with Crippen LogP contribution in [0.4, 0.5) is 4.39 Å². The molecule has 0 amide bonds. The number of rotatable bonds is 6. The van der Waals surface area contributed by atoms with Crippen molar-refractivity contribution in [1.82, 2.24) is 0 Å². The summed E-state index contributed by atoms with van der Waals surface area (Å²) >= 11 is 5.84. The fraction of sp³-hybridized carbons (Fsp3) is 0.176. The zero-order valence-corrected chi connectivity index (χ0v) is 13.7. The van der Waals surface area contributed by atoms with Crippen LogP contribution in [0, 0.1) is 5.82 Å². The van der Waals surface area contributed by atoms with Gasteiger partial charge in [0, 0.05) is 10.6 Å². The molecule has 2 aromatic carbocycles. The Morgan fingerprint density at radius 3 is 2.33 bits per heavy atom. The normalized spacial score (nSPS) is 10.2. The molecule has 24 heavy (non-hydrogen) atoms. The lowest BCUT2D eigenvalue weighted by molar-refractivity contribution is 0.0471. The van der Waals surface area contributed by atoms with E-state index < -0.39 is 24.2 Å². The molecular weight excluding hydrogens is 339 g/mol.